The molecule has 0 saturated carbocycles. The third kappa shape index (κ3) is 3.91. The minimum Gasteiger partial charge on any atom is -0.339 e. The average Bonchev–Trinajstić information content (AvgIpc) is 3.28. The van der Waals surface area contributed by atoms with E-state index in [9.17, 15) is 8.42 Å². The molecule has 1 saturated heterocycles. The van der Waals surface area contributed by atoms with Crippen LogP contribution in [0.15, 0.2) is 64.5 Å². The Hall–Kier alpha value is -3.24. The minimum absolute atomic E-state index is 0.0848. The lowest BCUT2D eigenvalue weighted by Gasteiger charge is -2.31. The molecule has 5 rings (SSSR count). The molecule has 3 aromatic heterocycles. The second-order valence-electron chi connectivity index (χ2n) is 7.51. The van der Waals surface area contributed by atoms with E-state index in [0.717, 1.165) is 18.2 Å². The van der Waals surface area contributed by atoms with Crippen molar-refractivity contribution in [1.82, 2.24) is 29.4 Å². The molecule has 0 bridgehead atoms. The van der Waals surface area contributed by atoms with Crippen LogP contribution >= 0.6 is 0 Å². The summed E-state index contributed by atoms with van der Waals surface area (Å²) in [7, 11) is -3.67. The van der Waals surface area contributed by atoms with Crippen LogP contribution in [0, 0.1) is 5.92 Å². The van der Waals surface area contributed by atoms with Gasteiger partial charge in [-0.1, -0.05) is 23.4 Å². The number of para-hydroxylation sites is 1. The van der Waals surface area contributed by atoms with Crippen LogP contribution in [0.1, 0.15) is 18.7 Å². The first-order valence-electron chi connectivity index (χ1n) is 10.0. The Bertz CT molecular complexity index is 1300. The molecule has 4 aromatic rings. The Labute approximate surface area is 179 Å². The molecule has 0 amide bonds. The summed E-state index contributed by atoms with van der Waals surface area (Å²) in [5, 5.41) is 4.78. The van der Waals surface area contributed by atoms with Crippen LogP contribution in [0.5, 0.6) is 0 Å². The van der Waals surface area contributed by atoms with E-state index >= 15 is 0 Å². The van der Waals surface area contributed by atoms with Gasteiger partial charge < -0.3 is 4.52 Å². The van der Waals surface area contributed by atoms with Gasteiger partial charge in [-0.3, -0.25) is 9.97 Å². The summed E-state index contributed by atoms with van der Waals surface area (Å²) in [4.78, 5) is 17.1. The molecule has 1 unspecified atom stereocenters. The van der Waals surface area contributed by atoms with Crippen molar-refractivity contribution in [1.29, 1.82) is 0 Å². The van der Waals surface area contributed by atoms with Crippen molar-refractivity contribution in [2.24, 2.45) is 5.92 Å². The van der Waals surface area contributed by atoms with E-state index in [2.05, 4.69) is 25.1 Å². The summed E-state index contributed by atoms with van der Waals surface area (Å²) in [6.07, 6.45) is 8.50. The number of rotatable bonds is 5. The van der Waals surface area contributed by atoms with Gasteiger partial charge in [-0.25, -0.2) is 13.4 Å². The first-order valence-corrected chi connectivity index (χ1v) is 11.5. The van der Waals surface area contributed by atoms with Crippen molar-refractivity contribution in [3.63, 3.8) is 0 Å². The standard InChI is InChI=1S/C21H20N6O3S/c28-31(29,18-7-1-5-16-6-2-8-24-20(16)18)27-11-3-4-15(14-27)12-19-25-21(26-30-19)17-13-22-9-10-23-17/h1-2,5-10,13,15H,3-4,11-12,14H2. The summed E-state index contributed by atoms with van der Waals surface area (Å²) in [6, 6.07) is 8.91. The van der Waals surface area contributed by atoms with Crippen molar-refractivity contribution in [2.45, 2.75) is 24.2 Å². The van der Waals surface area contributed by atoms with E-state index in [1.807, 2.05) is 12.1 Å². The normalized spacial score (nSPS) is 17.7. The van der Waals surface area contributed by atoms with E-state index < -0.39 is 10.0 Å². The average molecular weight is 436 g/mol. The minimum atomic E-state index is -3.67. The van der Waals surface area contributed by atoms with Crippen molar-refractivity contribution >= 4 is 20.9 Å². The molecule has 0 aliphatic carbocycles. The van der Waals surface area contributed by atoms with Crippen LogP contribution < -0.4 is 0 Å². The van der Waals surface area contributed by atoms with Gasteiger partial charge in [-0.05, 0) is 30.9 Å². The first-order chi connectivity index (χ1) is 15.1. The molecular formula is C21H20N6O3S. The Balaban J connectivity index is 1.35. The van der Waals surface area contributed by atoms with Gasteiger partial charge in [0, 0.05) is 43.5 Å². The first kappa shape index (κ1) is 19.7. The second kappa shape index (κ2) is 8.12. The maximum atomic E-state index is 13.4. The van der Waals surface area contributed by atoms with Crippen molar-refractivity contribution in [2.75, 3.05) is 13.1 Å². The number of hydrogen-bond donors (Lipinski definition) is 0. The lowest BCUT2D eigenvalue weighted by Crippen LogP contribution is -2.40. The molecule has 1 fully saturated rings. The summed E-state index contributed by atoms with van der Waals surface area (Å²) < 4.78 is 33.7. The quantitative estimate of drug-likeness (QED) is 0.469. The monoisotopic (exact) mass is 436 g/mol. The fourth-order valence-corrected chi connectivity index (χ4v) is 5.66. The summed E-state index contributed by atoms with van der Waals surface area (Å²) >= 11 is 0. The second-order valence-corrected chi connectivity index (χ2v) is 9.42. The zero-order valence-electron chi connectivity index (χ0n) is 16.6. The molecule has 4 heterocycles. The Morgan fingerprint density at radius 2 is 2.00 bits per heavy atom. The van der Waals surface area contributed by atoms with Gasteiger partial charge in [-0.15, -0.1) is 0 Å². The van der Waals surface area contributed by atoms with Gasteiger partial charge in [-0.2, -0.15) is 9.29 Å². The largest absolute Gasteiger partial charge is 0.339 e. The molecule has 0 spiro atoms. The van der Waals surface area contributed by atoms with Crippen molar-refractivity contribution < 1.29 is 12.9 Å². The van der Waals surface area contributed by atoms with Gasteiger partial charge in [0.15, 0.2) is 0 Å². The van der Waals surface area contributed by atoms with Gasteiger partial charge in [0.2, 0.25) is 21.7 Å². The lowest BCUT2D eigenvalue weighted by atomic mass is 9.96. The Morgan fingerprint density at radius 1 is 1.10 bits per heavy atom. The number of hydrogen-bond acceptors (Lipinski definition) is 8. The zero-order chi connectivity index (χ0) is 21.3. The third-order valence-corrected chi connectivity index (χ3v) is 7.32. The molecule has 10 heteroatoms. The van der Waals surface area contributed by atoms with E-state index in [1.54, 1.807) is 47.3 Å². The maximum Gasteiger partial charge on any atom is 0.245 e. The zero-order valence-corrected chi connectivity index (χ0v) is 17.4. The maximum absolute atomic E-state index is 13.4. The van der Waals surface area contributed by atoms with E-state index in [0.29, 0.717) is 42.4 Å². The SMILES string of the molecule is O=S(=O)(c1cccc2cccnc12)N1CCCC(Cc2nc(-c3cnccn3)no2)C1. The van der Waals surface area contributed by atoms with Crippen LogP contribution in [-0.2, 0) is 16.4 Å². The molecule has 1 aromatic carbocycles. The highest BCUT2D eigenvalue weighted by molar-refractivity contribution is 7.89. The molecule has 1 aliphatic heterocycles. The lowest BCUT2D eigenvalue weighted by molar-refractivity contribution is 0.247. The Morgan fingerprint density at radius 3 is 2.87 bits per heavy atom. The molecule has 1 atom stereocenters. The molecule has 0 radical (unpaired) electrons. The van der Waals surface area contributed by atoms with Gasteiger partial charge in [0.1, 0.15) is 10.6 Å². The highest BCUT2D eigenvalue weighted by Crippen LogP contribution is 2.29. The number of fused-ring (bicyclic) bond motifs is 1. The highest BCUT2D eigenvalue weighted by atomic mass is 32.2. The summed E-state index contributed by atoms with van der Waals surface area (Å²) in [5.41, 5.74) is 1.03. The molecule has 9 nitrogen and oxygen atoms in total. The van der Waals surface area contributed by atoms with Crippen LogP contribution in [0.25, 0.3) is 22.4 Å². The Kier molecular flexibility index (Phi) is 5.16. The van der Waals surface area contributed by atoms with Crippen LogP contribution in [0.3, 0.4) is 0 Å². The predicted molar refractivity (Wildman–Crippen MR) is 112 cm³/mol. The number of pyridine rings is 1. The van der Waals surface area contributed by atoms with E-state index in [4.69, 9.17) is 4.52 Å². The molecular weight excluding hydrogens is 416 g/mol. The number of sulfonamides is 1. The van der Waals surface area contributed by atoms with Gasteiger partial charge in [0.05, 0.1) is 11.7 Å². The van der Waals surface area contributed by atoms with E-state index in [1.165, 1.54) is 0 Å². The molecule has 31 heavy (non-hydrogen) atoms. The smallest absolute Gasteiger partial charge is 0.245 e. The van der Waals surface area contributed by atoms with Crippen LogP contribution in [0.2, 0.25) is 0 Å². The van der Waals surface area contributed by atoms with E-state index in [-0.39, 0.29) is 10.8 Å². The van der Waals surface area contributed by atoms with Crippen molar-refractivity contribution in [3.8, 4) is 11.5 Å². The third-order valence-electron chi connectivity index (χ3n) is 5.42. The number of piperidine rings is 1. The molecule has 158 valence electrons. The number of aromatic nitrogens is 5. The van der Waals surface area contributed by atoms with Crippen molar-refractivity contribution in [3.05, 3.63) is 61.0 Å². The van der Waals surface area contributed by atoms with Crippen LogP contribution in [-0.4, -0.2) is 50.9 Å². The fourth-order valence-electron chi connectivity index (χ4n) is 3.94. The number of nitrogens with zero attached hydrogens (tertiary/aromatic N) is 6. The predicted octanol–water partition coefficient (Wildman–Crippen LogP) is 2.72. The highest BCUT2D eigenvalue weighted by Gasteiger charge is 2.32. The van der Waals surface area contributed by atoms with Gasteiger partial charge >= 0.3 is 0 Å². The topological polar surface area (TPSA) is 115 Å². The molecule has 1 aliphatic rings. The summed E-state index contributed by atoms with van der Waals surface area (Å²) in [5.74, 6) is 0.934. The fraction of sp³-hybridized carbons (Fsp3) is 0.286. The summed E-state index contributed by atoms with van der Waals surface area (Å²) in [6.45, 7) is 0.880. The number of benzene rings is 1. The molecule has 0 N–H and O–H groups in total. The van der Waals surface area contributed by atoms with Crippen LogP contribution in [0.4, 0.5) is 0 Å². The van der Waals surface area contributed by atoms with Gasteiger partial charge in [0.25, 0.3) is 0 Å².